The van der Waals surface area contributed by atoms with Gasteiger partial charge in [-0.2, -0.15) is 0 Å². The van der Waals surface area contributed by atoms with Crippen LogP contribution in [0.15, 0.2) is 36.5 Å². The Labute approximate surface area is 467 Å². The molecule has 0 saturated heterocycles. The minimum absolute atomic E-state index is 0.0690. The van der Waals surface area contributed by atoms with E-state index in [9.17, 15) is 14.4 Å². The number of ether oxygens (including phenoxy) is 3. The molecule has 0 rings (SSSR count). The molecule has 0 N–H and O–H groups in total. The van der Waals surface area contributed by atoms with Gasteiger partial charge in [-0.15, -0.1) is 0 Å². The SMILES string of the molecule is CCCCC/C=C\C/C=C\CCCCCCCCCCCC(=O)OC(COC(=O)CCCCCCCCCCCCCCC)COC(=O)CCCCCCCCCCCCCCC/C=C\CCCCCCCCCC. The molecule has 0 aromatic rings. The largest absolute Gasteiger partial charge is 0.462 e. The summed E-state index contributed by atoms with van der Waals surface area (Å²) < 4.78 is 17.0. The fraction of sp³-hybridized carbons (Fsp3) is 0.870. The smallest absolute Gasteiger partial charge is 0.306 e. The minimum atomic E-state index is -0.772. The van der Waals surface area contributed by atoms with Gasteiger partial charge >= 0.3 is 17.9 Å². The number of carbonyl (C=O) groups is 3. The topological polar surface area (TPSA) is 78.9 Å². The lowest BCUT2D eigenvalue weighted by Crippen LogP contribution is -2.30. The Morgan fingerprint density at radius 1 is 0.267 bits per heavy atom. The molecule has 0 heterocycles. The monoisotopic (exact) mass is 1050 g/mol. The Hall–Kier alpha value is -2.37. The molecule has 0 aromatic carbocycles. The third-order valence-electron chi connectivity index (χ3n) is 15.1. The van der Waals surface area contributed by atoms with Gasteiger partial charge < -0.3 is 14.2 Å². The number of carbonyl (C=O) groups excluding carboxylic acids is 3. The van der Waals surface area contributed by atoms with Crippen molar-refractivity contribution in [3.63, 3.8) is 0 Å². The highest BCUT2D eigenvalue weighted by atomic mass is 16.6. The van der Waals surface area contributed by atoms with Crippen LogP contribution >= 0.6 is 0 Å². The molecule has 0 spiro atoms. The van der Waals surface area contributed by atoms with Crippen molar-refractivity contribution in [1.82, 2.24) is 0 Å². The van der Waals surface area contributed by atoms with E-state index in [4.69, 9.17) is 14.2 Å². The zero-order chi connectivity index (χ0) is 54.3. The Morgan fingerprint density at radius 3 is 0.773 bits per heavy atom. The van der Waals surface area contributed by atoms with E-state index < -0.39 is 6.10 Å². The van der Waals surface area contributed by atoms with Crippen molar-refractivity contribution in [2.45, 2.75) is 374 Å². The second kappa shape index (κ2) is 64.2. The maximum Gasteiger partial charge on any atom is 0.306 e. The summed E-state index contributed by atoms with van der Waals surface area (Å²) in [6.45, 7) is 6.67. The summed E-state index contributed by atoms with van der Waals surface area (Å²) in [5, 5.41) is 0. The highest BCUT2D eigenvalue weighted by molar-refractivity contribution is 5.71. The van der Waals surface area contributed by atoms with E-state index >= 15 is 0 Å². The zero-order valence-corrected chi connectivity index (χ0v) is 50.6. The van der Waals surface area contributed by atoms with E-state index in [1.54, 1.807) is 0 Å². The summed E-state index contributed by atoms with van der Waals surface area (Å²) in [6, 6.07) is 0. The van der Waals surface area contributed by atoms with Crippen LogP contribution in [0.1, 0.15) is 367 Å². The van der Waals surface area contributed by atoms with Gasteiger partial charge in [-0.25, -0.2) is 0 Å². The van der Waals surface area contributed by atoms with Gasteiger partial charge in [-0.3, -0.25) is 14.4 Å². The molecule has 1 atom stereocenters. The van der Waals surface area contributed by atoms with Gasteiger partial charge in [0.1, 0.15) is 13.2 Å². The van der Waals surface area contributed by atoms with Crippen LogP contribution < -0.4 is 0 Å². The number of unbranched alkanes of at least 4 members (excludes halogenated alkanes) is 45. The number of esters is 3. The Bertz CT molecular complexity index is 1250. The van der Waals surface area contributed by atoms with E-state index in [1.165, 1.54) is 263 Å². The Morgan fingerprint density at radius 2 is 0.480 bits per heavy atom. The predicted molar refractivity (Wildman–Crippen MR) is 326 cm³/mol. The van der Waals surface area contributed by atoms with Gasteiger partial charge in [0.15, 0.2) is 6.10 Å². The molecule has 6 nitrogen and oxygen atoms in total. The first-order valence-corrected chi connectivity index (χ1v) is 33.5. The molecule has 75 heavy (non-hydrogen) atoms. The average Bonchev–Trinajstić information content (AvgIpc) is 3.41. The molecule has 0 amide bonds. The molecule has 0 bridgehead atoms. The van der Waals surface area contributed by atoms with Gasteiger partial charge in [-0.05, 0) is 77.0 Å². The predicted octanol–water partition coefficient (Wildman–Crippen LogP) is 22.8. The van der Waals surface area contributed by atoms with E-state index in [0.29, 0.717) is 19.3 Å². The summed E-state index contributed by atoms with van der Waals surface area (Å²) >= 11 is 0. The average molecular weight is 1050 g/mol. The molecular weight excluding hydrogens is 925 g/mol. The normalized spacial score (nSPS) is 12.2. The first kappa shape index (κ1) is 72.6. The first-order valence-electron chi connectivity index (χ1n) is 33.5. The van der Waals surface area contributed by atoms with E-state index in [1.807, 2.05) is 0 Å². The van der Waals surface area contributed by atoms with Crippen LogP contribution in [0.2, 0.25) is 0 Å². The third kappa shape index (κ3) is 62.4. The van der Waals surface area contributed by atoms with Crippen LogP contribution in [0.5, 0.6) is 0 Å². The van der Waals surface area contributed by atoms with Gasteiger partial charge in [-0.1, -0.05) is 308 Å². The standard InChI is InChI=1S/C69H128O6/c1-4-7-10-13-16-19-22-25-27-29-31-32-33-34-35-36-38-39-41-44-47-50-53-56-59-62-68(71)74-65-66(64-73-67(70)61-58-55-52-49-46-43-24-21-18-15-12-9-6-3)75-69(72)63-60-57-54-51-48-45-42-40-37-30-28-26-23-20-17-14-11-8-5-2/h17,20,26,28-29,31,66H,4-16,18-19,21-25,27,30,32-65H2,1-3H3/b20-17-,28-26-,31-29-. The van der Waals surface area contributed by atoms with Crippen LogP contribution in [0.25, 0.3) is 0 Å². The molecule has 0 aliphatic rings. The first-order chi connectivity index (χ1) is 37.0. The molecule has 1 unspecified atom stereocenters. The highest BCUT2D eigenvalue weighted by Crippen LogP contribution is 2.18. The van der Waals surface area contributed by atoms with Crippen LogP contribution in [0.4, 0.5) is 0 Å². The summed E-state index contributed by atoms with van der Waals surface area (Å²) in [6.07, 6.45) is 78.7. The molecule has 0 saturated carbocycles. The highest BCUT2D eigenvalue weighted by Gasteiger charge is 2.19. The Balaban J connectivity index is 4.25. The summed E-state index contributed by atoms with van der Waals surface area (Å²) in [5.41, 5.74) is 0. The van der Waals surface area contributed by atoms with Crippen molar-refractivity contribution >= 4 is 17.9 Å². The number of rotatable bonds is 62. The maximum absolute atomic E-state index is 12.9. The van der Waals surface area contributed by atoms with E-state index in [2.05, 4.69) is 57.2 Å². The van der Waals surface area contributed by atoms with Crippen molar-refractivity contribution < 1.29 is 28.6 Å². The van der Waals surface area contributed by atoms with Crippen LogP contribution in [-0.4, -0.2) is 37.2 Å². The van der Waals surface area contributed by atoms with E-state index in [-0.39, 0.29) is 31.1 Å². The maximum atomic E-state index is 12.9. The molecule has 0 fully saturated rings. The van der Waals surface area contributed by atoms with Crippen molar-refractivity contribution in [3.05, 3.63) is 36.5 Å². The van der Waals surface area contributed by atoms with E-state index in [0.717, 1.165) is 64.2 Å². The number of allylic oxidation sites excluding steroid dienone is 6. The van der Waals surface area contributed by atoms with Crippen molar-refractivity contribution in [2.24, 2.45) is 0 Å². The summed E-state index contributed by atoms with van der Waals surface area (Å²) in [7, 11) is 0. The second-order valence-electron chi connectivity index (χ2n) is 22.7. The quantitative estimate of drug-likeness (QED) is 0.0261. The molecule has 440 valence electrons. The zero-order valence-electron chi connectivity index (χ0n) is 50.6. The van der Waals surface area contributed by atoms with Crippen LogP contribution in [0, 0.1) is 0 Å². The lowest BCUT2D eigenvalue weighted by atomic mass is 10.0. The molecule has 0 radical (unpaired) electrons. The molecule has 6 heteroatoms. The Kier molecular flexibility index (Phi) is 62.1. The minimum Gasteiger partial charge on any atom is -0.462 e. The lowest BCUT2D eigenvalue weighted by molar-refractivity contribution is -0.167. The fourth-order valence-electron chi connectivity index (χ4n) is 10.1. The number of hydrogen-bond acceptors (Lipinski definition) is 6. The molecule has 0 aliphatic heterocycles. The van der Waals surface area contributed by atoms with Gasteiger partial charge in [0.2, 0.25) is 0 Å². The molecule has 0 aromatic heterocycles. The van der Waals surface area contributed by atoms with Gasteiger partial charge in [0, 0.05) is 19.3 Å². The van der Waals surface area contributed by atoms with Crippen molar-refractivity contribution in [2.75, 3.05) is 13.2 Å². The molecule has 0 aliphatic carbocycles. The molecular formula is C69H128O6. The summed E-state index contributed by atoms with van der Waals surface area (Å²) in [4.78, 5) is 38.3. The van der Waals surface area contributed by atoms with Gasteiger partial charge in [0.05, 0.1) is 0 Å². The van der Waals surface area contributed by atoms with Crippen molar-refractivity contribution in [1.29, 1.82) is 0 Å². The van der Waals surface area contributed by atoms with Crippen LogP contribution in [0.3, 0.4) is 0 Å². The van der Waals surface area contributed by atoms with Gasteiger partial charge in [0.25, 0.3) is 0 Å². The fourth-order valence-corrected chi connectivity index (χ4v) is 10.1. The lowest BCUT2D eigenvalue weighted by Gasteiger charge is -2.18. The second-order valence-corrected chi connectivity index (χ2v) is 22.7. The number of hydrogen-bond donors (Lipinski definition) is 0. The van der Waals surface area contributed by atoms with Crippen molar-refractivity contribution in [3.8, 4) is 0 Å². The summed E-state index contributed by atoms with van der Waals surface area (Å²) in [5.74, 6) is -0.848. The third-order valence-corrected chi connectivity index (χ3v) is 15.1. The van der Waals surface area contributed by atoms with Crippen LogP contribution in [-0.2, 0) is 28.6 Å².